The van der Waals surface area contributed by atoms with Gasteiger partial charge in [0.25, 0.3) is 0 Å². The topological polar surface area (TPSA) is 60.0 Å². The molecule has 28 heavy (non-hydrogen) atoms. The highest BCUT2D eigenvalue weighted by molar-refractivity contribution is 5.74. The van der Waals surface area contributed by atoms with Crippen molar-refractivity contribution in [1.82, 2.24) is 10.2 Å². The molecule has 148 valence electrons. The first-order valence-electron chi connectivity index (χ1n) is 9.34. The lowest BCUT2D eigenvalue weighted by Gasteiger charge is -2.43. The fourth-order valence-electron chi connectivity index (χ4n) is 3.57. The first-order valence-corrected chi connectivity index (χ1v) is 9.34. The van der Waals surface area contributed by atoms with Crippen molar-refractivity contribution in [2.75, 3.05) is 20.2 Å². The second-order valence-corrected chi connectivity index (χ2v) is 7.05. The van der Waals surface area contributed by atoms with Crippen molar-refractivity contribution < 1.29 is 23.4 Å². The van der Waals surface area contributed by atoms with Gasteiger partial charge in [0.1, 0.15) is 17.3 Å². The first kappa shape index (κ1) is 18.6. The summed E-state index contributed by atoms with van der Waals surface area (Å²) in [6.45, 7) is 1.81. The van der Waals surface area contributed by atoms with E-state index in [4.69, 9.17) is 14.2 Å². The molecule has 0 bridgehead atoms. The van der Waals surface area contributed by atoms with E-state index in [9.17, 15) is 9.18 Å². The van der Waals surface area contributed by atoms with Gasteiger partial charge in [-0.1, -0.05) is 12.1 Å². The molecular formula is C21H23FN2O4. The van der Waals surface area contributed by atoms with Gasteiger partial charge in [-0.05, 0) is 35.9 Å². The highest BCUT2D eigenvalue weighted by Crippen LogP contribution is 2.38. The number of carbonyl (C=O) groups excluding carboxylic acids is 1. The highest BCUT2D eigenvalue weighted by atomic mass is 19.1. The van der Waals surface area contributed by atoms with Crippen LogP contribution in [0.25, 0.3) is 0 Å². The van der Waals surface area contributed by atoms with E-state index in [1.807, 2.05) is 18.2 Å². The lowest BCUT2D eigenvalue weighted by atomic mass is 10.0. The van der Waals surface area contributed by atoms with Crippen LogP contribution in [-0.2, 0) is 17.9 Å². The van der Waals surface area contributed by atoms with Gasteiger partial charge >= 0.3 is 6.03 Å². The summed E-state index contributed by atoms with van der Waals surface area (Å²) in [5.41, 5.74) is 1.69. The van der Waals surface area contributed by atoms with Crippen molar-refractivity contribution in [3.8, 4) is 11.5 Å². The van der Waals surface area contributed by atoms with Gasteiger partial charge in [0, 0.05) is 38.0 Å². The summed E-state index contributed by atoms with van der Waals surface area (Å²) >= 11 is 0. The van der Waals surface area contributed by atoms with Crippen LogP contribution in [-0.4, -0.2) is 36.9 Å². The molecule has 0 unspecified atom stereocenters. The number of halogens is 1. The standard InChI is InChI=1S/C21H23FN2O4/c1-26-18-5-6-19-16(12-18)14-27-21(28-19)7-9-24(10-8-21)20(25)23-13-15-3-2-4-17(22)11-15/h2-6,11-12H,7-10,13-14H2,1H3,(H,23,25). The number of piperidine rings is 1. The predicted molar refractivity (Wildman–Crippen MR) is 101 cm³/mol. The summed E-state index contributed by atoms with van der Waals surface area (Å²) < 4.78 is 30.7. The molecule has 1 saturated heterocycles. The van der Waals surface area contributed by atoms with Gasteiger partial charge in [-0.25, -0.2) is 9.18 Å². The molecular weight excluding hydrogens is 363 g/mol. The zero-order chi connectivity index (χ0) is 19.6. The van der Waals surface area contributed by atoms with Crippen LogP contribution in [0.4, 0.5) is 9.18 Å². The molecule has 2 aliphatic heterocycles. The molecule has 0 aliphatic carbocycles. The minimum Gasteiger partial charge on any atom is -0.497 e. The number of amides is 2. The predicted octanol–water partition coefficient (Wildman–Crippen LogP) is 3.45. The molecule has 2 amide bonds. The number of nitrogens with zero attached hydrogens (tertiary/aromatic N) is 1. The van der Waals surface area contributed by atoms with Crippen molar-refractivity contribution in [3.63, 3.8) is 0 Å². The van der Waals surface area contributed by atoms with E-state index in [0.717, 1.165) is 22.6 Å². The molecule has 0 radical (unpaired) electrons. The first-order chi connectivity index (χ1) is 13.6. The Labute approximate surface area is 163 Å². The van der Waals surface area contributed by atoms with Crippen molar-refractivity contribution in [2.24, 2.45) is 0 Å². The Morgan fingerprint density at radius 2 is 2.07 bits per heavy atom. The van der Waals surface area contributed by atoms with Crippen molar-refractivity contribution in [1.29, 1.82) is 0 Å². The Balaban J connectivity index is 1.32. The van der Waals surface area contributed by atoms with Gasteiger partial charge in [-0.3, -0.25) is 0 Å². The Hall–Kier alpha value is -2.80. The Kier molecular flexibility index (Phi) is 5.09. The number of carbonyl (C=O) groups is 1. The third kappa shape index (κ3) is 3.89. The van der Waals surface area contributed by atoms with E-state index < -0.39 is 5.79 Å². The average Bonchev–Trinajstić information content (AvgIpc) is 2.72. The number of benzene rings is 2. The number of likely N-dealkylation sites (tertiary alicyclic amines) is 1. The van der Waals surface area contributed by atoms with E-state index >= 15 is 0 Å². The monoisotopic (exact) mass is 386 g/mol. The molecule has 1 spiro atoms. The molecule has 2 heterocycles. The molecule has 2 aliphatic rings. The number of ether oxygens (including phenoxy) is 3. The maximum Gasteiger partial charge on any atom is 0.317 e. The van der Waals surface area contributed by atoms with Crippen molar-refractivity contribution >= 4 is 6.03 Å². The Morgan fingerprint density at radius 1 is 1.25 bits per heavy atom. The van der Waals surface area contributed by atoms with Crippen LogP contribution < -0.4 is 14.8 Å². The maximum absolute atomic E-state index is 13.2. The summed E-state index contributed by atoms with van der Waals surface area (Å²) in [5.74, 6) is 0.569. The molecule has 2 aromatic carbocycles. The molecule has 0 atom stereocenters. The smallest absolute Gasteiger partial charge is 0.317 e. The largest absolute Gasteiger partial charge is 0.497 e. The van der Waals surface area contributed by atoms with Gasteiger partial charge in [-0.15, -0.1) is 0 Å². The minimum absolute atomic E-state index is 0.167. The molecule has 1 fully saturated rings. The molecule has 0 saturated carbocycles. The summed E-state index contributed by atoms with van der Waals surface area (Å²) in [4.78, 5) is 14.2. The van der Waals surface area contributed by atoms with Gasteiger partial charge in [0.2, 0.25) is 5.79 Å². The summed E-state index contributed by atoms with van der Waals surface area (Å²) in [7, 11) is 1.63. The minimum atomic E-state index is -0.694. The molecule has 2 aromatic rings. The number of fused-ring (bicyclic) bond motifs is 1. The fraction of sp³-hybridized carbons (Fsp3) is 0.381. The Bertz CT molecular complexity index is 865. The molecule has 6 nitrogen and oxygen atoms in total. The van der Waals surface area contributed by atoms with Crippen molar-refractivity contribution in [2.45, 2.75) is 31.8 Å². The molecule has 7 heteroatoms. The lowest BCUT2D eigenvalue weighted by molar-refractivity contribution is -0.225. The quantitative estimate of drug-likeness (QED) is 0.878. The number of nitrogens with one attached hydrogen (secondary N) is 1. The van der Waals surface area contributed by atoms with E-state index in [0.29, 0.717) is 39.1 Å². The van der Waals surface area contributed by atoms with Gasteiger partial charge < -0.3 is 24.4 Å². The summed E-state index contributed by atoms with van der Waals surface area (Å²) in [5, 5.41) is 2.84. The number of methoxy groups -OCH3 is 1. The zero-order valence-corrected chi connectivity index (χ0v) is 15.7. The SMILES string of the molecule is COc1ccc2c(c1)COC1(CCN(C(=O)NCc3cccc(F)c3)CC1)O2. The molecule has 0 aromatic heterocycles. The number of urea groups is 1. The van der Waals surface area contributed by atoms with E-state index in [1.165, 1.54) is 12.1 Å². The highest BCUT2D eigenvalue weighted by Gasteiger charge is 2.41. The summed E-state index contributed by atoms with van der Waals surface area (Å²) in [6.07, 6.45) is 1.18. The van der Waals surface area contributed by atoms with Gasteiger partial charge in [0.05, 0.1) is 13.7 Å². The van der Waals surface area contributed by atoms with E-state index in [2.05, 4.69) is 5.32 Å². The third-order valence-electron chi connectivity index (χ3n) is 5.20. The Morgan fingerprint density at radius 3 is 2.82 bits per heavy atom. The number of hydrogen-bond donors (Lipinski definition) is 1. The molecule has 1 N–H and O–H groups in total. The molecule has 4 rings (SSSR count). The lowest BCUT2D eigenvalue weighted by Crippen LogP contribution is -2.54. The van der Waals surface area contributed by atoms with Crippen LogP contribution in [0.15, 0.2) is 42.5 Å². The fourth-order valence-corrected chi connectivity index (χ4v) is 3.57. The average molecular weight is 386 g/mol. The zero-order valence-electron chi connectivity index (χ0n) is 15.7. The van der Waals surface area contributed by atoms with Gasteiger partial charge in [-0.2, -0.15) is 0 Å². The van der Waals surface area contributed by atoms with Crippen molar-refractivity contribution in [3.05, 3.63) is 59.4 Å². The number of rotatable bonds is 3. The van der Waals surface area contributed by atoms with Crippen LogP contribution in [0.3, 0.4) is 0 Å². The van der Waals surface area contributed by atoms with E-state index in [1.54, 1.807) is 24.1 Å². The van der Waals surface area contributed by atoms with Crippen LogP contribution in [0, 0.1) is 5.82 Å². The van der Waals surface area contributed by atoms with Crippen LogP contribution in [0.2, 0.25) is 0 Å². The normalized spacial score (nSPS) is 17.6. The third-order valence-corrected chi connectivity index (χ3v) is 5.20. The van der Waals surface area contributed by atoms with E-state index in [-0.39, 0.29) is 11.8 Å². The van der Waals surface area contributed by atoms with Crippen LogP contribution in [0.1, 0.15) is 24.0 Å². The number of hydrogen-bond acceptors (Lipinski definition) is 4. The second kappa shape index (κ2) is 7.67. The van der Waals surface area contributed by atoms with Crippen LogP contribution >= 0.6 is 0 Å². The van der Waals surface area contributed by atoms with Crippen LogP contribution in [0.5, 0.6) is 11.5 Å². The second-order valence-electron chi connectivity index (χ2n) is 7.05. The maximum atomic E-state index is 13.2. The summed E-state index contributed by atoms with van der Waals surface area (Å²) in [6, 6.07) is 11.7. The van der Waals surface area contributed by atoms with Gasteiger partial charge in [0.15, 0.2) is 0 Å².